The lowest BCUT2D eigenvalue weighted by Crippen LogP contribution is -2.28. The summed E-state index contributed by atoms with van der Waals surface area (Å²) in [7, 11) is 0. The first kappa shape index (κ1) is 19.8. The van der Waals surface area contributed by atoms with Crippen molar-refractivity contribution in [1.82, 2.24) is 9.88 Å². The highest BCUT2D eigenvalue weighted by Gasteiger charge is 2.20. The van der Waals surface area contributed by atoms with Gasteiger partial charge in [0.25, 0.3) is 0 Å². The SMILES string of the molecule is Cc1cccc2cc3c(nc12)OCCN(CCC(c1ccccc1)c1ccccc1)C3. The van der Waals surface area contributed by atoms with Gasteiger partial charge in [0.2, 0.25) is 5.88 Å². The molecule has 0 amide bonds. The summed E-state index contributed by atoms with van der Waals surface area (Å²) in [6, 6.07) is 30.3. The number of pyridine rings is 1. The van der Waals surface area contributed by atoms with Gasteiger partial charge in [-0.3, -0.25) is 4.90 Å². The van der Waals surface area contributed by atoms with Gasteiger partial charge in [0, 0.05) is 30.0 Å². The van der Waals surface area contributed by atoms with E-state index in [0.29, 0.717) is 12.5 Å². The fraction of sp³-hybridized carbons (Fsp3) is 0.250. The van der Waals surface area contributed by atoms with Crippen molar-refractivity contribution in [2.75, 3.05) is 19.7 Å². The van der Waals surface area contributed by atoms with Gasteiger partial charge >= 0.3 is 0 Å². The van der Waals surface area contributed by atoms with Crippen LogP contribution in [0.2, 0.25) is 0 Å². The molecule has 5 rings (SSSR count). The van der Waals surface area contributed by atoms with Crippen LogP contribution in [-0.4, -0.2) is 29.6 Å². The smallest absolute Gasteiger partial charge is 0.218 e. The fourth-order valence-corrected chi connectivity index (χ4v) is 4.60. The molecule has 0 saturated heterocycles. The first-order valence-electron chi connectivity index (χ1n) is 11.1. The van der Waals surface area contributed by atoms with E-state index in [1.807, 2.05) is 0 Å². The minimum atomic E-state index is 0.392. The van der Waals surface area contributed by atoms with E-state index in [-0.39, 0.29) is 0 Å². The predicted molar refractivity (Wildman–Crippen MR) is 127 cm³/mol. The predicted octanol–water partition coefficient (Wildman–Crippen LogP) is 5.96. The van der Waals surface area contributed by atoms with Gasteiger partial charge in [-0.25, -0.2) is 4.98 Å². The van der Waals surface area contributed by atoms with E-state index < -0.39 is 0 Å². The average Bonchev–Trinajstić information content (AvgIpc) is 3.01. The molecule has 0 aliphatic carbocycles. The minimum Gasteiger partial charge on any atom is -0.476 e. The summed E-state index contributed by atoms with van der Waals surface area (Å²) < 4.78 is 6.07. The molecule has 156 valence electrons. The molecule has 4 aromatic rings. The van der Waals surface area contributed by atoms with Gasteiger partial charge in [-0.05, 0) is 42.6 Å². The summed E-state index contributed by atoms with van der Waals surface area (Å²) in [5, 5.41) is 1.19. The number of ether oxygens (including phenoxy) is 1. The van der Waals surface area contributed by atoms with Crippen LogP contribution in [0.5, 0.6) is 5.88 Å². The standard InChI is InChI=1S/C28H28N2O/c1-21-9-8-14-24-19-25-20-30(17-18-31-28(25)29-27(21)24)16-15-26(22-10-4-2-5-11-22)23-12-6-3-7-13-23/h2-14,19,26H,15-18,20H2,1H3. The monoisotopic (exact) mass is 408 g/mol. The Bertz CT molecular complexity index is 1120. The number of aromatic nitrogens is 1. The summed E-state index contributed by atoms with van der Waals surface area (Å²) in [6.45, 7) is 5.60. The number of nitrogens with zero attached hydrogens (tertiary/aromatic N) is 2. The van der Waals surface area contributed by atoms with Crippen LogP contribution in [0.1, 0.15) is 34.6 Å². The second kappa shape index (κ2) is 8.91. The topological polar surface area (TPSA) is 25.4 Å². The number of hydrogen-bond acceptors (Lipinski definition) is 3. The number of para-hydroxylation sites is 1. The lowest BCUT2D eigenvalue weighted by molar-refractivity contribution is 0.219. The lowest BCUT2D eigenvalue weighted by Gasteiger charge is -2.24. The molecule has 0 saturated carbocycles. The Labute approximate surface area is 184 Å². The molecule has 1 aromatic heterocycles. The van der Waals surface area contributed by atoms with Crippen molar-refractivity contribution < 1.29 is 4.74 Å². The molecule has 1 aliphatic rings. The zero-order valence-electron chi connectivity index (χ0n) is 18.0. The van der Waals surface area contributed by atoms with Crippen molar-refractivity contribution in [3.8, 4) is 5.88 Å². The molecule has 0 N–H and O–H groups in total. The van der Waals surface area contributed by atoms with Crippen LogP contribution in [0.15, 0.2) is 84.9 Å². The van der Waals surface area contributed by atoms with E-state index in [0.717, 1.165) is 37.5 Å². The maximum Gasteiger partial charge on any atom is 0.218 e. The quantitative estimate of drug-likeness (QED) is 0.407. The Morgan fingerprint density at radius 3 is 2.32 bits per heavy atom. The van der Waals surface area contributed by atoms with Gasteiger partial charge in [-0.2, -0.15) is 0 Å². The molecule has 3 aromatic carbocycles. The molecular weight excluding hydrogens is 380 g/mol. The van der Waals surface area contributed by atoms with Gasteiger partial charge < -0.3 is 4.74 Å². The molecule has 3 nitrogen and oxygen atoms in total. The summed E-state index contributed by atoms with van der Waals surface area (Å²) in [5.41, 5.74) is 6.18. The van der Waals surface area contributed by atoms with Crippen molar-refractivity contribution in [2.45, 2.75) is 25.8 Å². The van der Waals surface area contributed by atoms with Gasteiger partial charge in [-0.1, -0.05) is 78.9 Å². The minimum absolute atomic E-state index is 0.392. The first-order valence-corrected chi connectivity index (χ1v) is 11.1. The normalized spacial score (nSPS) is 14.3. The maximum atomic E-state index is 6.07. The van der Waals surface area contributed by atoms with Crippen molar-refractivity contribution >= 4 is 10.9 Å². The highest BCUT2D eigenvalue weighted by atomic mass is 16.5. The third-order valence-corrected chi connectivity index (χ3v) is 6.26. The van der Waals surface area contributed by atoms with E-state index in [2.05, 4.69) is 96.8 Å². The lowest BCUT2D eigenvalue weighted by atomic mass is 9.88. The number of fused-ring (bicyclic) bond motifs is 2. The van der Waals surface area contributed by atoms with E-state index in [4.69, 9.17) is 9.72 Å². The molecule has 31 heavy (non-hydrogen) atoms. The summed E-state index contributed by atoms with van der Waals surface area (Å²) in [6.07, 6.45) is 1.07. The Balaban J connectivity index is 1.37. The Morgan fingerprint density at radius 1 is 0.903 bits per heavy atom. The fourth-order valence-electron chi connectivity index (χ4n) is 4.60. The molecule has 0 spiro atoms. The summed E-state index contributed by atoms with van der Waals surface area (Å²) in [5.74, 6) is 1.19. The van der Waals surface area contributed by atoms with Crippen LogP contribution in [0, 0.1) is 6.92 Å². The van der Waals surface area contributed by atoms with E-state index in [1.165, 1.54) is 27.6 Å². The first-order chi connectivity index (χ1) is 15.3. The number of rotatable bonds is 5. The van der Waals surface area contributed by atoms with Gasteiger partial charge in [0.1, 0.15) is 6.61 Å². The van der Waals surface area contributed by atoms with Crippen LogP contribution in [0.25, 0.3) is 10.9 Å². The van der Waals surface area contributed by atoms with Crippen LogP contribution < -0.4 is 4.74 Å². The Hall–Kier alpha value is -3.17. The van der Waals surface area contributed by atoms with E-state index in [1.54, 1.807) is 0 Å². The van der Waals surface area contributed by atoms with Crippen LogP contribution in [-0.2, 0) is 6.54 Å². The van der Waals surface area contributed by atoms with Gasteiger partial charge in [0.15, 0.2) is 0 Å². The molecule has 0 atom stereocenters. The molecule has 0 unspecified atom stereocenters. The largest absolute Gasteiger partial charge is 0.476 e. The number of benzene rings is 3. The second-order valence-electron chi connectivity index (χ2n) is 8.39. The summed E-state index contributed by atoms with van der Waals surface area (Å²) in [4.78, 5) is 7.36. The number of hydrogen-bond donors (Lipinski definition) is 0. The second-order valence-corrected chi connectivity index (χ2v) is 8.39. The summed E-state index contributed by atoms with van der Waals surface area (Å²) >= 11 is 0. The third-order valence-electron chi connectivity index (χ3n) is 6.26. The molecule has 2 heterocycles. The molecular formula is C28H28N2O. The zero-order chi connectivity index (χ0) is 21.0. The van der Waals surface area contributed by atoms with Crippen molar-refractivity contribution in [1.29, 1.82) is 0 Å². The molecule has 0 bridgehead atoms. The number of aryl methyl sites for hydroxylation is 1. The van der Waals surface area contributed by atoms with Crippen molar-refractivity contribution in [3.63, 3.8) is 0 Å². The zero-order valence-corrected chi connectivity index (χ0v) is 18.0. The highest BCUT2D eigenvalue weighted by molar-refractivity contribution is 5.83. The highest BCUT2D eigenvalue weighted by Crippen LogP contribution is 2.30. The van der Waals surface area contributed by atoms with Crippen molar-refractivity contribution in [3.05, 3.63) is 107 Å². The molecule has 1 aliphatic heterocycles. The third kappa shape index (κ3) is 4.33. The molecule has 0 fully saturated rings. The van der Waals surface area contributed by atoms with E-state index in [9.17, 15) is 0 Å². The average molecular weight is 409 g/mol. The molecule has 0 radical (unpaired) electrons. The van der Waals surface area contributed by atoms with Gasteiger partial charge in [0.05, 0.1) is 5.52 Å². The maximum absolute atomic E-state index is 6.07. The van der Waals surface area contributed by atoms with Crippen LogP contribution in [0.3, 0.4) is 0 Å². The Kier molecular flexibility index (Phi) is 5.68. The van der Waals surface area contributed by atoms with E-state index >= 15 is 0 Å². The Morgan fingerprint density at radius 2 is 1.61 bits per heavy atom. The van der Waals surface area contributed by atoms with Gasteiger partial charge in [-0.15, -0.1) is 0 Å². The van der Waals surface area contributed by atoms with Crippen LogP contribution in [0.4, 0.5) is 0 Å². The molecule has 3 heteroatoms. The van der Waals surface area contributed by atoms with Crippen molar-refractivity contribution in [2.24, 2.45) is 0 Å². The van der Waals surface area contributed by atoms with Crippen LogP contribution >= 0.6 is 0 Å².